The van der Waals surface area contributed by atoms with Crippen LogP contribution in [0.4, 0.5) is 0 Å². The molecule has 2 aromatic rings. The van der Waals surface area contributed by atoms with E-state index in [4.69, 9.17) is 4.74 Å². The van der Waals surface area contributed by atoms with E-state index in [1.807, 2.05) is 0 Å². The lowest BCUT2D eigenvalue weighted by Crippen LogP contribution is -2.27. The second kappa shape index (κ2) is 6.53. The molecule has 1 heteroatoms. The standard InChI is InChI=1S/C19H20O/c1-3-8-16(9-4-1)14-18-12-7-13-19(20-18)15-17-10-5-2-6-11-17/h1-12,18-19H,13-15H2/t18-,19-/m1/s1. The molecule has 20 heavy (non-hydrogen) atoms. The van der Waals surface area contributed by atoms with Gasteiger partial charge in [-0.05, 0) is 24.0 Å². The van der Waals surface area contributed by atoms with E-state index in [1.54, 1.807) is 0 Å². The first-order chi connectivity index (χ1) is 9.90. The maximum Gasteiger partial charge on any atom is 0.0800 e. The summed E-state index contributed by atoms with van der Waals surface area (Å²) in [7, 11) is 0. The molecule has 2 atom stereocenters. The van der Waals surface area contributed by atoms with Crippen molar-refractivity contribution in [3.8, 4) is 0 Å². The zero-order chi connectivity index (χ0) is 13.6. The molecule has 0 N–H and O–H groups in total. The van der Waals surface area contributed by atoms with Gasteiger partial charge in [-0.25, -0.2) is 0 Å². The van der Waals surface area contributed by atoms with Crippen LogP contribution in [-0.2, 0) is 17.6 Å². The molecule has 1 aliphatic rings. The average Bonchev–Trinajstić information content (AvgIpc) is 2.50. The van der Waals surface area contributed by atoms with E-state index in [1.165, 1.54) is 11.1 Å². The zero-order valence-corrected chi connectivity index (χ0v) is 11.6. The van der Waals surface area contributed by atoms with Gasteiger partial charge in [-0.3, -0.25) is 0 Å². The third-order valence-corrected chi connectivity index (χ3v) is 3.70. The SMILES string of the molecule is C1=C[C@H](Cc2ccccc2)O[C@@H](Cc2ccccc2)C1. The van der Waals surface area contributed by atoms with Gasteiger partial charge < -0.3 is 4.74 Å². The molecule has 102 valence electrons. The molecule has 0 amide bonds. The fourth-order valence-electron chi connectivity index (χ4n) is 2.70. The minimum atomic E-state index is 0.208. The number of hydrogen-bond acceptors (Lipinski definition) is 1. The van der Waals surface area contributed by atoms with Gasteiger partial charge in [0, 0.05) is 6.42 Å². The summed E-state index contributed by atoms with van der Waals surface area (Å²) in [6, 6.07) is 21.2. The van der Waals surface area contributed by atoms with Crippen LogP contribution in [0.1, 0.15) is 17.5 Å². The molecule has 1 nitrogen and oxygen atoms in total. The molecule has 0 bridgehead atoms. The highest BCUT2D eigenvalue weighted by molar-refractivity contribution is 5.19. The van der Waals surface area contributed by atoms with Gasteiger partial charge in [0.2, 0.25) is 0 Å². The molecule has 0 aliphatic carbocycles. The normalized spacial score (nSPS) is 21.8. The Morgan fingerprint density at radius 1 is 0.800 bits per heavy atom. The fraction of sp³-hybridized carbons (Fsp3) is 0.263. The monoisotopic (exact) mass is 264 g/mol. The highest BCUT2D eigenvalue weighted by atomic mass is 16.5. The van der Waals surface area contributed by atoms with Crippen molar-refractivity contribution in [3.63, 3.8) is 0 Å². The molecule has 3 rings (SSSR count). The molecule has 0 aromatic heterocycles. The lowest BCUT2D eigenvalue weighted by molar-refractivity contribution is 0.00727. The van der Waals surface area contributed by atoms with E-state index >= 15 is 0 Å². The fourth-order valence-corrected chi connectivity index (χ4v) is 2.70. The van der Waals surface area contributed by atoms with Crippen LogP contribution in [0, 0.1) is 0 Å². The molecule has 0 spiro atoms. The number of benzene rings is 2. The molecule has 0 unspecified atom stereocenters. The second-order valence-electron chi connectivity index (χ2n) is 5.34. The Morgan fingerprint density at radius 2 is 1.40 bits per heavy atom. The van der Waals surface area contributed by atoms with Gasteiger partial charge in [-0.2, -0.15) is 0 Å². The van der Waals surface area contributed by atoms with E-state index in [0.717, 1.165) is 19.3 Å². The summed E-state index contributed by atoms with van der Waals surface area (Å²) in [6.45, 7) is 0. The molecule has 2 aromatic carbocycles. The van der Waals surface area contributed by atoms with Crippen LogP contribution in [0.25, 0.3) is 0 Å². The Labute approximate surface area is 120 Å². The van der Waals surface area contributed by atoms with Crippen LogP contribution in [0.15, 0.2) is 72.8 Å². The molecular weight excluding hydrogens is 244 g/mol. The van der Waals surface area contributed by atoms with Crippen LogP contribution < -0.4 is 0 Å². The number of ether oxygens (including phenoxy) is 1. The third-order valence-electron chi connectivity index (χ3n) is 3.70. The first-order valence-electron chi connectivity index (χ1n) is 7.30. The lowest BCUT2D eigenvalue weighted by atomic mass is 10.0. The minimum Gasteiger partial charge on any atom is -0.370 e. The van der Waals surface area contributed by atoms with Crippen LogP contribution >= 0.6 is 0 Å². The summed E-state index contributed by atoms with van der Waals surface area (Å²) in [5.41, 5.74) is 2.69. The molecule has 1 aliphatic heterocycles. The predicted molar refractivity (Wildman–Crippen MR) is 82.7 cm³/mol. The molecule has 0 saturated carbocycles. The smallest absolute Gasteiger partial charge is 0.0800 e. The van der Waals surface area contributed by atoms with E-state index in [-0.39, 0.29) is 6.10 Å². The maximum atomic E-state index is 6.21. The Hall–Kier alpha value is -1.86. The predicted octanol–water partition coefficient (Wildman–Crippen LogP) is 4.19. The molecule has 0 radical (unpaired) electrons. The van der Waals surface area contributed by atoms with Gasteiger partial charge in [0.15, 0.2) is 0 Å². The first-order valence-corrected chi connectivity index (χ1v) is 7.30. The second-order valence-corrected chi connectivity index (χ2v) is 5.34. The lowest BCUT2D eigenvalue weighted by Gasteiger charge is -2.26. The van der Waals surface area contributed by atoms with Crippen molar-refractivity contribution in [1.82, 2.24) is 0 Å². The minimum absolute atomic E-state index is 0.208. The van der Waals surface area contributed by atoms with Crippen LogP contribution in [0.2, 0.25) is 0 Å². The number of hydrogen-bond donors (Lipinski definition) is 0. The Balaban J connectivity index is 1.59. The molecular formula is C19H20O. The quantitative estimate of drug-likeness (QED) is 0.753. The van der Waals surface area contributed by atoms with Crippen molar-refractivity contribution in [3.05, 3.63) is 83.9 Å². The van der Waals surface area contributed by atoms with E-state index in [0.29, 0.717) is 6.10 Å². The summed E-state index contributed by atoms with van der Waals surface area (Å²) in [6.07, 6.45) is 7.95. The number of rotatable bonds is 4. The highest BCUT2D eigenvalue weighted by Gasteiger charge is 2.18. The van der Waals surface area contributed by atoms with Crippen LogP contribution in [0.3, 0.4) is 0 Å². The summed E-state index contributed by atoms with van der Waals surface area (Å²) in [5, 5.41) is 0. The Kier molecular flexibility index (Phi) is 4.29. The third kappa shape index (κ3) is 3.58. The topological polar surface area (TPSA) is 9.23 Å². The van der Waals surface area contributed by atoms with Gasteiger partial charge in [0.1, 0.15) is 0 Å². The van der Waals surface area contributed by atoms with Crippen molar-refractivity contribution >= 4 is 0 Å². The highest BCUT2D eigenvalue weighted by Crippen LogP contribution is 2.19. The van der Waals surface area contributed by atoms with Crippen molar-refractivity contribution in [2.45, 2.75) is 31.5 Å². The van der Waals surface area contributed by atoms with Gasteiger partial charge in [-0.1, -0.05) is 72.8 Å². The van der Waals surface area contributed by atoms with Crippen molar-refractivity contribution < 1.29 is 4.74 Å². The largest absolute Gasteiger partial charge is 0.370 e. The average molecular weight is 264 g/mol. The van der Waals surface area contributed by atoms with Crippen LogP contribution in [0.5, 0.6) is 0 Å². The molecule has 0 fully saturated rings. The summed E-state index contributed by atoms with van der Waals surface area (Å²) in [5.74, 6) is 0. The van der Waals surface area contributed by atoms with Crippen molar-refractivity contribution in [2.75, 3.05) is 0 Å². The van der Waals surface area contributed by atoms with E-state index < -0.39 is 0 Å². The van der Waals surface area contributed by atoms with E-state index in [2.05, 4.69) is 72.8 Å². The van der Waals surface area contributed by atoms with Crippen LogP contribution in [-0.4, -0.2) is 12.2 Å². The Bertz CT molecular complexity index is 544. The van der Waals surface area contributed by atoms with Gasteiger partial charge >= 0.3 is 0 Å². The van der Waals surface area contributed by atoms with Gasteiger partial charge in [-0.15, -0.1) is 0 Å². The summed E-state index contributed by atoms with van der Waals surface area (Å²) < 4.78 is 6.21. The van der Waals surface area contributed by atoms with Crippen molar-refractivity contribution in [2.24, 2.45) is 0 Å². The van der Waals surface area contributed by atoms with Gasteiger partial charge in [0.05, 0.1) is 12.2 Å². The zero-order valence-electron chi connectivity index (χ0n) is 11.6. The van der Waals surface area contributed by atoms with Crippen molar-refractivity contribution in [1.29, 1.82) is 0 Å². The molecule has 1 heterocycles. The maximum absolute atomic E-state index is 6.21. The first kappa shape index (κ1) is 13.1. The Morgan fingerprint density at radius 3 is 2.05 bits per heavy atom. The van der Waals surface area contributed by atoms with Gasteiger partial charge in [0.25, 0.3) is 0 Å². The van der Waals surface area contributed by atoms with E-state index in [9.17, 15) is 0 Å². The summed E-state index contributed by atoms with van der Waals surface area (Å²) >= 11 is 0. The summed E-state index contributed by atoms with van der Waals surface area (Å²) in [4.78, 5) is 0. The molecule has 0 saturated heterocycles.